The Bertz CT molecular complexity index is 410. The molecule has 1 unspecified atom stereocenters. The van der Waals surface area contributed by atoms with E-state index < -0.39 is 10.8 Å². The summed E-state index contributed by atoms with van der Waals surface area (Å²) in [4.78, 5) is 0.620. The second-order valence-electron chi connectivity index (χ2n) is 5.00. The van der Waals surface area contributed by atoms with Crippen molar-refractivity contribution in [3.8, 4) is 0 Å². The van der Waals surface area contributed by atoms with E-state index in [0.717, 1.165) is 12.3 Å². The van der Waals surface area contributed by atoms with Crippen LogP contribution in [0.15, 0.2) is 23.1 Å². The third kappa shape index (κ3) is 3.48. The highest BCUT2D eigenvalue weighted by atomic mass is 35.5. The molecule has 2 rings (SSSR count). The number of halogens is 1. The van der Waals surface area contributed by atoms with Crippen LogP contribution in [-0.4, -0.2) is 9.96 Å². The minimum absolute atomic E-state index is 0.525. The van der Waals surface area contributed by atoms with Gasteiger partial charge < -0.3 is 5.73 Å². The van der Waals surface area contributed by atoms with E-state index in [1.165, 1.54) is 32.1 Å². The quantitative estimate of drug-likeness (QED) is 0.850. The van der Waals surface area contributed by atoms with Crippen molar-refractivity contribution in [1.82, 2.24) is 0 Å². The van der Waals surface area contributed by atoms with Gasteiger partial charge in [0.05, 0.1) is 20.7 Å². The van der Waals surface area contributed by atoms with Crippen molar-refractivity contribution < 1.29 is 4.21 Å². The van der Waals surface area contributed by atoms with Gasteiger partial charge in [0.2, 0.25) is 0 Å². The van der Waals surface area contributed by atoms with Crippen LogP contribution in [0.25, 0.3) is 0 Å². The Kier molecular flexibility index (Phi) is 5.07. The highest BCUT2D eigenvalue weighted by Gasteiger charge is 2.17. The van der Waals surface area contributed by atoms with Crippen LogP contribution in [0.1, 0.15) is 38.5 Å². The van der Waals surface area contributed by atoms with Crippen molar-refractivity contribution >= 4 is 28.1 Å². The Morgan fingerprint density at radius 1 is 1.28 bits per heavy atom. The number of benzene rings is 1. The van der Waals surface area contributed by atoms with Crippen molar-refractivity contribution in [2.24, 2.45) is 5.92 Å². The molecule has 100 valence electrons. The fourth-order valence-electron chi connectivity index (χ4n) is 2.62. The van der Waals surface area contributed by atoms with E-state index >= 15 is 0 Å². The van der Waals surface area contributed by atoms with Crippen LogP contribution in [0, 0.1) is 5.92 Å². The Labute approximate surface area is 116 Å². The van der Waals surface area contributed by atoms with Gasteiger partial charge in [-0.1, -0.05) is 49.8 Å². The number of anilines is 1. The second-order valence-corrected chi connectivity index (χ2v) is 6.92. The lowest BCUT2D eigenvalue weighted by Crippen LogP contribution is -2.11. The predicted octanol–water partition coefficient (Wildman–Crippen LogP) is 4.00. The van der Waals surface area contributed by atoms with Crippen LogP contribution in [-0.2, 0) is 10.8 Å². The first-order chi connectivity index (χ1) is 8.68. The molecule has 1 aromatic carbocycles. The van der Waals surface area contributed by atoms with Crippen molar-refractivity contribution in [3.05, 3.63) is 23.2 Å². The summed E-state index contributed by atoms with van der Waals surface area (Å²) in [6, 6.07) is 5.31. The molecule has 0 heterocycles. The summed E-state index contributed by atoms with van der Waals surface area (Å²) in [6.45, 7) is 0. The highest BCUT2D eigenvalue weighted by molar-refractivity contribution is 7.85. The van der Waals surface area contributed by atoms with Gasteiger partial charge in [-0.15, -0.1) is 0 Å². The zero-order valence-electron chi connectivity index (χ0n) is 10.5. The summed E-state index contributed by atoms with van der Waals surface area (Å²) in [5.74, 6) is 1.42. The molecular formula is C14H20ClNOS. The average Bonchev–Trinajstić information content (AvgIpc) is 2.37. The van der Waals surface area contributed by atoms with E-state index in [-0.39, 0.29) is 0 Å². The SMILES string of the molecule is Nc1cccc(Cl)c1S(=O)CCC1CCCCC1. The summed E-state index contributed by atoms with van der Waals surface area (Å²) < 4.78 is 12.3. The Hall–Kier alpha value is -0.540. The summed E-state index contributed by atoms with van der Waals surface area (Å²) >= 11 is 6.07. The van der Waals surface area contributed by atoms with Crippen molar-refractivity contribution in [1.29, 1.82) is 0 Å². The molecule has 2 N–H and O–H groups in total. The number of rotatable bonds is 4. The Morgan fingerprint density at radius 3 is 2.67 bits per heavy atom. The molecule has 1 atom stereocenters. The van der Waals surface area contributed by atoms with Crippen LogP contribution in [0.2, 0.25) is 5.02 Å². The fourth-order valence-corrected chi connectivity index (χ4v) is 4.43. The highest BCUT2D eigenvalue weighted by Crippen LogP contribution is 2.29. The zero-order valence-corrected chi connectivity index (χ0v) is 12.1. The normalized spacial score (nSPS) is 18.7. The summed E-state index contributed by atoms with van der Waals surface area (Å²) in [5, 5.41) is 0.525. The number of hydrogen-bond acceptors (Lipinski definition) is 2. The first kappa shape index (κ1) is 13.9. The molecule has 1 aliphatic rings. The van der Waals surface area contributed by atoms with Crippen LogP contribution in [0.3, 0.4) is 0 Å². The molecule has 4 heteroatoms. The van der Waals surface area contributed by atoms with E-state index in [2.05, 4.69) is 0 Å². The molecule has 0 aromatic heterocycles. The molecule has 0 bridgehead atoms. The van der Waals surface area contributed by atoms with Gasteiger partial charge in [-0.2, -0.15) is 0 Å². The molecule has 0 radical (unpaired) electrons. The first-order valence-corrected chi connectivity index (χ1v) is 8.30. The van der Waals surface area contributed by atoms with Gasteiger partial charge in [0.1, 0.15) is 0 Å². The van der Waals surface area contributed by atoms with Crippen molar-refractivity contribution in [3.63, 3.8) is 0 Å². The minimum atomic E-state index is -1.07. The lowest BCUT2D eigenvalue weighted by atomic mass is 9.88. The van der Waals surface area contributed by atoms with E-state index in [9.17, 15) is 4.21 Å². The molecule has 1 saturated carbocycles. The number of nitrogens with two attached hydrogens (primary N) is 1. The van der Waals surface area contributed by atoms with Crippen molar-refractivity contribution in [2.75, 3.05) is 11.5 Å². The monoisotopic (exact) mass is 285 g/mol. The van der Waals surface area contributed by atoms with Gasteiger partial charge in [-0.05, 0) is 24.5 Å². The smallest absolute Gasteiger partial charge is 0.0803 e. The van der Waals surface area contributed by atoms with E-state index in [4.69, 9.17) is 17.3 Å². The largest absolute Gasteiger partial charge is 0.398 e. The average molecular weight is 286 g/mol. The van der Waals surface area contributed by atoms with Gasteiger partial charge in [-0.25, -0.2) is 0 Å². The number of nitrogen functional groups attached to an aromatic ring is 1. The lowest BCUT2D eigenvalue weighted by molar-refractivity contribution is 0.351. The van der Waals surface area contributed by atoms with Gasteiger partial charge in [0.15, 0.2) is 0 Å². The molecule has 1 fully saturated rings. The van der Waals surface area contributed by atoms with E-state index in [1.54, 1.807) is 18.2 Å². The fraction of sp³-hybridized carbons (Fsp3) is 0.571. The van der Waals surface area contributed by atoms with Crippen LogP contribution in [0.4, 0.5) is 5.69 Å². The van der Waals surface area contributed by atoms with Crippen LogP contribution >= 0.6 is 11.6 Å². The topological polar surface area (TPSA) is 43.1 Å². The third-order valence-corrected chi connectivity index (χ3v) is 5.61. The standard InChI is InChI=1S/C14H20ClNOS/c15-12-7-4-8-13(16)14(12)18(17)10-9-11-5-2-1-3-6-11/h4,7-8,11H,1-3,5-6,9-10,16H2. The lowest BCUT2D eigenvalue weighted by Gasteiger charge is -2.21. The van der Waals surface area contributed by atoms with Crippen LogP contribution in [0.5, 0.6) is 0 Å². The molecule has 0 aliphatic heterocycles. The molecular weight excluding hydrogens is 266 g/mol. The second kappa shape index (κ2) is 6.58. The van der Waals surface area contributed by atoms with E-state index in [1.807, 2.05) is 0 Å². The number of hydrogen-bond donors (Lipinski definition) is 1. The summed E-state index contributed by atoms with van der Waals surface area (Å²) in [6.07, 6.45) is 7.61. The van der Waals surface area contributed by atoms with E-state index in [0.29, 0.717) is 21.4 Å². The summed E-state index contributed by atoms with van der Waals surface area (Å²) in [5.41, 5.74) is 6.40. The molecule has 0 saturated heterocycles. The van der Waals surface area contributed by atoms with Gasteiger partial charge in [0.25, 0.3) is 0 Å². The van der Waals surface area contributed by atoms with Crippen LogP contribution < -0.4 is 5.73 Å². The third-order valence-electron chi connectivity index (χ3n) is 3.66. The maximum Gasteiger partial charge on any atom is 0.0803 e. The summed E-state index contributed by atoms with van der Waals surface area (Å²) in [7, 11) is -1.07. The molecule has 1 aliphatic carbocycles. The molecule has 2 nitrogen and oxygen atoms in total. The Morgan fingerprint density at radius 2 is 2.00 bits per heavy atom. The molecule has 18 heavy (non-hydrogen) atoms. The first-order valence-electron chi connectivity index (χ1n) is 6.61. The molecule has 1 aromatic rings. The van der Waals surface area contributed by atoms with Crippen molar-refractivity contribution in [2.45, 2.75) is 43.4 Å². The van der Waals surface area contributed by atoms with Gasteiger partial charge >= 0.3 is 0 Å². The maximum absolute atomic E-state index is 12.3. The Balaban J connectivity index is 1.95. The maximum atomic E-state index is 12.3. The van der Waals surface area contributed by atoms with Gasteiger partial charge in [0, 0.05) is 11.4 Å². The predicted molar refractivity (Wildman–Crippen MR) is 78.3 cm³/mol. The zero-order chi connectivity index (χ0) is 13.0. The molecule has 0 spiro atoms. The minimum Gasteiger partial charge on any atom is -0.398 e. The molecule has 0 amide bonds. The van der Waals surface area contributed by atoms with Gasteiger partial charge in [-0.3, -0.25) is 4.21 Å².